The van der Waals surface area contributed by atoms with E-state index >= 15 is 0 Å². The minimum absolute atomic E-state index is 0.426. The lowest BCUT2D eigenvalue weighted by molar-refractivity contribution is -0.140. The average molecular weight is 621 g/mol. The number of hydrogen-bond acceptors (Lipinski definition) is 4. The van der Waals surface area contributed by atoms with Crippen LogP contribution >= 0.6 is 0 Å². The molecular formula is C40H76O4. The Balaban J connectivity index is 3.32. The first kappa shape index (κ1) is 42.7. The zero-order chi connectivity index (χ0) is 32.0. The summed E-state index contributed by atoms with van der Waals surface area (Å²) < 4.78 is 10.4. The van der Waals surface area contributed by atoms with Crippen LogP contribution in [0.4, 0.5) is 0 Å². The number of carbonyl (C=O) groups is 2. The highest BCUT2D eigenvalue weighted by molar-refractivity contribution is 5.91. The van der Waals surface area contributed by atoms with Crippen molar-refractivity contribution in [3.8, 4) is 0 Å². The van der Waals surface area contributed by atoms with Crippen LogP contribution < -0.4 is 0 Å². The summed E-state index contributed by atoms with van der Waals surface area (Å²) >= 11 is 0. The molecule has 0 saturated carbocycles. The summed E-state index contributed by atoms with van der Waals surface area (Å²) in [5, 5.41) is 0. The average Bonchev–Trinajstić information content (AvgIpc) is 3.03. The van der Waals surface area contributed by atoms with E-state index in [4.69, 9.17) is 9.47 Å². The van der Waals surface area contributed by atoms with Crippen molar-refractivity contribution in [3.05, 3.63) is 12.2 Å². The summed E-state index contributed by atoms with van der Waals surface area (Å²) in [6.45, 7) is 5.41. The largest absolute Gasteiger partial charge is 0.463 e. The van der Waals surface area contributed by atoms with E-state index in [9.17, 15) is 9.59 Å². The van der Waals surface area contributed by atoms with Crippen molar-refractivity contribution in [2.24, 2.45) is 0 Å². The maximum absolute atomic E-state index is 11.8. The van der Waals surface area contributed by atoms with Gasteiger partial charge in [-0.1, -0.05) is 206 Å². The molecule has 0 N–H and O–H groups in total. The van der Waals surface area contributed by atoms with Gasteiger partial charge in [0.15, 0.2) is 0 Å². The second-order valence-corrected chi connectivity index (χ2v) is 13.3. The van der Waals surface area contributed by atoms with E-state index in [-0.39, 0.29) is 0 Å². The Morgan fingerprint density at radius 3 is 0.705 bits per heavy atom. The molecular weight excluding hydrogens is 544 g/mol. The third-order valence-corrected chi connectivity index (χ3v) is 8.84. The molecule has 44 heavy (non-hydrogen) atoms. The molecule has 0 aliphatic rings. The number of hydrogen-bond donors (Lipinski definition) is 0. The summed E-state index contributed by atoms with van der Waals surface area (Å²) in [5.41, 5.74) is 0. The van der Waals surface area contributed by atoms with Gasteiger partial charge in [0.25, 0.3) is 0 Å². The number of ether oxygens (including phenoxy) is 2. The first-order valence-corrected chi connectivity index (χ1v) is 19.7. The van der Waals surface area contributed by atoms with E-state index < -0.39 is 11.9 Å². The number of unbranched alkanes of at least 4 members (excludes halogenated alkanes) is 30. The van der Waals surface area contributed by atoms with Crippen molar-refractivity contribution in [3.63, 3.8) is 0 Å². The predicted octanol–water partition coefficient (Wildman–Crippen LogP) is 13.2. The molecule has 0 radical (unpaired) electrons. The highest BCUT2D eigenvalue weighted by atomic mass is 16.5. The lowest BCUT2D eigenvalue weighted by Gasteiger charge is -2.04. The summed E-state index contributed by atoms with van der Waals surface area (Å²) in [6.07, 6.45) is 44.7. The van der Waals surface area contributed by atoms with Crippen molar-refractivity contribution < 1.29 is 19.1 Å². The predicted molar refractivity (Wildman–Crippen MR) is 190 cm³/mol. The van der Waals surface area contributed by atoms with Crippen LogP contribution in [0.25, 0.3) is 0 Å². The minimum atomic E-state index is -0.453. The smallest absolute Gasteiger partial charge is 0.331 e. The molecule has 0 aliphatic carbocycles. The first-order valence-electron chi connectivity index (χ1n) is 19.7. The van der Waals surface area contributed by atoms with Crippen LogP contribution in [-0.2, 0) is 19.1 Å². The molecule has 0 aromatic carbocycles. The van der Waals surface area contributed by atoms with Crippen LogP contribution in [0.5, 0.6) is 0 Å². The van der Waals surface area contributed by atoms with Crippen molar-refractivity contribution in [1.82, 2.24) is 0 Å². The van der Waals surface area contributed by atoms with E-state index in [1.807, 2.05) is 0 Å². The molecule has 0 unspecified atom stereocenters. The number of rotatable bonds is 36. The molecule has 4 heteroatoms. The highest BCUT2D eigenvalue weighted by Gasteiger charge is 2.02. The normalized spacial score (nSPS) is 11.4. The molecule has 0 heterocycles. The van der Waals surface area contributed by atoms with Crippen molar-refractivity contribution in [2.45, 2.75) is 219 Å². The quantitative estimate of drug-likeness (QED) is 0.0397. The van der Waals surface area contributed by atoms with Gasteiger partial charge in [-0.3, -0.25) is 0 Å². The Labute approximate surface area is 275 Å². The second kappa shape index (κ2) is 37.9. The van der Waals surface area contributed by atoms with E-state index in [2.05, 4.69) is 13.8 Å². The second-order valence-electron chi connectivity index (χ2n) is 13.3. The molecule has 0 aromatic rings. The van der Waals surface area contributed by atoms with Gasteiger partial charge in [0.2, 0.25) is 0 Å². The molecule has 0 saturated heterocycles. The molecule has 0 fully saturated rings. The lowest BCUT2D eigenvalue weighted by Crippen LogP contribution is -2.06. The highest BCUT2D eigenvalue weighted by Crippen LogP contribution is 2.15. The van der Waals surface area contributed by atoms with Gasteiger partial charge >= 0.3 is 11.9 Å². The lowest BCUT2D eigenvalue weighted by atomic mass is 10.0. The van der Waals surface area contributed by atoms with Crippen LogP contribution in [0.3, 0.4) is 0 Å². The fourth-order valence-corrected chi connectivity index (χ4v) is 5.88. The van der Waals surface area contributed by atoms with Crippen LogP contribution in [-0.4, -0.2) is 25.2 Å². The standard InChI is InChI=1S/C40H76O4/c1-3-5-7-9-11-13-15-17-19-21-23-25-27-29-31-33-37-43-39(41)35-36-40(42)44-38-34-32-30-28-26-24-22-20-18-16-14-12-10-8-6-4-2/h35-36H,3-34,37-38H2,1-2H3/b36-35-. The van der Waals surface area contributed by atoms with Crippen LogP contribution in [0.15, 0.2) is 12.2 Å². The molecule has 0 atom stereocenters. The molecule has 0 aliphatic heterocycles. The van der Waals surface area contributed by atoms with Gasteiger partial charge < -0.3 is 9.47 Å². The molecule has 0 spiro atoms. The van der Waals surface area contributed by atoms with Crippen LogP contribution in [0, 0.1) is 0 Å². The summed E-state index contributed by atoms with van der Waals surface area (Å²) in [6, 6.07) is 0. The maximum atomic E-state index is 11.8. The monoisotopic (exact) mass is 621 g/mol. The number of carbonyl (C=O) groups excluding carboxylic acids is 2. The van der Waals surface area contributed by atoms with E-state index in [1.54, 1.807) is 0 Å². The van der Waals surface area contributed by atoms with Gasteiger partial charge in [0.1, 0.15) is 0 Å². The zero-order valence-electron chi connectivity index (χ0n) is 29.8. The number of esters is 2. The van der Waals surface area contributed by atoms with E-state index in [0.717, 1.165) is 25.7 Å². The Kier molecular flexibility index (Phi) is 36.7. The Hall–Kier alpha value is -1.32. The van der Waals surface area contributed by atoms with Gasteiger partial charge in [0, 0.05) is 12.2 Å². The Morgan fingerprint density at radius 1 is 0.318 bits per heavy atom. The van der Waals surface area contributed by atoms with Crippen molar-refractivity contribution in [2.75, 3.05) is 13.2 Å². The van der Waals surface area contributed by atoms with Gasteiger partial charge in [-0.15, -0.1) is 0 Å². The molecule has 0 rings (SSSR count). The molecule has 4 nitrogen and oxygen atoms in total. The summed E-state index contributed by atoms with van der Waals surface area (Å²) in [7, 11) is 0. The van der Waals surface area contributed by atoms with Crippen LogP contribution in [0.2, 0.25) is 0 Å². The van der Waals surface area contributed by atoms with Gasteiger partial charge in [-0.05, 0) is 12.8 Å². The molecule has 260 valence electrons. The van der Waals surface area contributed by atoms with Crippen molar-refractivity contribution >= 4 is 11.9 Å². The van der Waals surface area contributed by atoms with Gasteiger partial charge in [-0.25, -0.2) is 9.59 Å². The topological polar surface area (TPSA) is 52.6 Å². The fraction of sp³-hybridized carbons (Fsp3) is 0.900. The molecule has 0 bridgehead atoms. The molecule has 0 aromatic heterocycles. The van der Waals surface area contributed by atoms with Crippen LogP contribution in [0.1, 0.15) is 219 Å². The maximum Gasteiger partial charge on any atom is 0.331 e. The SMILES string of the molecule is CCCCCCCCCCCCCCCCCCOC(=O)/C=C\C(=O)OCCCCCCCCCCCCCCCCCC. The summed E-state index contributed by atoms with van der Waals surface area (Å²) in [4.78, 5) is 23.6. The van der Waals surface area contributed by atoms with Gasteiger partial charge in [0.05, 0.1) is 13.2 Å². The third-order valence-electron chi connectivity index (χ3n) is 8.84. The van der Waals surface area contributed by atoms with Gasteiger partial charge in [-0.2, -0.15) is 0 Å². The minimum Gasteiger partial charge on any atom is -0.463 e. The first-order chi connectivity index (χ1) is 21.7. The summed E-state index contributed by atoms with van der Waals surface area (Å²) in [5.74, 6) is -0.907. The van der Waals surface area contributed by atoms with E-state index in [1.165, 1.54) is 192 Å². The Morgan fingerprint density at radius 2 is 0.500 bits per heavy atom. The van der Waals surface area contributed by atoms with E-state index in [0.29, 0.717) is 13.2 Å². The molecule has 0 amide bonds. The Bertz CT molecular complexity index is 562. The fourth-order valence-electron chi connectivity index (χ4n) is 5.88. The van der Waals surface area contributed by atoms with Crippen molar-refractivity contribution in [1.29, 1.82) is 0 Å². The third kappa shape index (κ3) is 36.9. The zero-order valence-corrected chi connectivity index (χ0v) is 29.8.